The highest BCUT2D eigenvalue weighted by atomic mass is 35.5. The molecular formula is C13H17Cl2N3O2. The van der Waals surface area contributed by atoms with Crippen LogP contribution >= 0.6 is 23.2 Å². The van der Waals surface area contributed by atoms with Crippen molar-refractivity contribution in [3.63, 3.8) is 0 Å². The molecule has 0 heterocycles. The van der Waals surface area contributed by atoms with Gasteiger partial charge in [-0.2, -0.15) is 0 Å². The molecule has 0 bridgehead atoms. The van der Waals surface area contributed by atoms with Crippen LogP contribution < -0.4 is 16.4 Å². The molecule has 20 heavy (non-hydrogen) atoms. The molecule has 2 amide bonds. The third-order valence-electron chi connectivity index (χ3n) is 2.45. The van der Waals surface area contributed by atoms with Crippen molar-refractivity contribution in [1.29, 1.82) is 0 Å². The summed E-state index contributed by atoms with van der Waals surface area (Å²) < 4.78 is 0. The molecule has 1 aromatic carbocycles. The number of carbonyl (C=O) groups excluding carboxylic acids is 2. The van der Waals surface area contributed by atoms with Gasteiger partial charge in [0.1, 0.15) is 0 Å². The lowest BCUT2D eigenvalue weighted by Crippen LogP contribution is -2.39. The van der Waals surface area contributed by atoms with Crippen molar-refractivity contribution >= 4 is 46.4 Å². The number of benzene rings is 1. The maximum Gasteiger partial charge on any atom is 0.243 e. The van der Waals surface area contributed by atoms with Crippen LogP contribution in [0.1, 0.15) is 20.8 Å². The standard InChI is InChI=1S/C13H17Cl2N3O2/c1-13(2,3)12(20)17-6-10(19)18-7-4-8(14)11(16)9(15)5-7/h4-5H,6,16H2,1-3H3,(H,17,20)(H,18,19). The van der Waals surface area contributed by atoms with Crippen LogP contribution in [0.25, 0.3) is 0 Å². The van der Waals surface area contributed by atoms with Gasteiger partial charge < -0.3 is 16.4 Å². The van der Waals surface area contributed by atoms with Gasteiger partial charge in [-0.15, -0.1) is 0 Å². The molecule has 5 nitrogen and oxygen atoms in total. The lowest BCUT2D eigenvalue weighted by Gasteiger charge is -2.17. The number of hydrogen-bond acceptors (Lipinski definition) is 3. The predicted molar refractivity (Wildman–Crippen MR) is 82.0 cm³/mol. The normalized spacial score (nSPS) is 11.1. The van der Waals surface area contributed by atoms with Gasteiger partial charge in [0.25, 0.3) is 0 Å². The van der Waals surface area contributed by atoms with Gasteiger partial charge in [-0.05, 0) is 12.1 Å². The van der Waals surface area contributed by atoms with E-state index in [9.17, 15) is 9.59 Å². The average Bonchev–Trinajstić information content (AvgIpc) is 2.31. The first-order chi connectivity index (χ1) is 9.11. The summed E-state index contributed by atoms with van der Waals surface area (Å²) in [5, 5.41) is 5.63. The third-order valence-corrected chi connectivity index (χ3v) is 3.08. The Kier molecular flexibility index (Phi) is 5.25. The van der Waals surface area contributed by atoms with Crippen LogP contribution in [0.2, 0.25) is 10.0 Å². The molecule has 0 unspecified atom stereocenters. The van der Waals surface area contributed by atoms with E-state index in [4.69, 9.17) is 28.9 Å². The molecule has 4 N–H and O–H groups in total. The third kappa shape index (κ3) is 4.58. The van der Waals surface area contributed by atoms with Crippen molar-refractivity contribution in [1.82, 2.24) is 5.32 Å². The van der Waals surface area contributed by atoms with E-state index in [1.807, 2.05) is 0 Å². The summed E-state index contributed by atoms with van der Waals surface area (Å²) in [7, 11) is 0. The fourth-order valence-corrected chi connectivity index (χ4v) is 1.77. The lowest BCUT2D eigenvalue weighted by atomic mass is 9.96. The minimum atomic E-state index is -0.548. The number of nitrogen functional groups attached to an aromatic ring is 1. The van der Waals surface area contributed by atoms with E-state index in [-0.39, 0.29) is 34.1 Å². The van der Waals surface area contributed by atoms with Crippen molar-refractivity contribution in [2.75, 3.05) is 17.6 Å². The summed E-state index contributed by atoms with van der Waals surface area (Å²) in [6.45, 7) is 5.16. The minimum absolute atomic E-state index is 0.129. The van der Waals surface area contributed by atoms with Crippen molar-refractivity contribution in [2.24, 2.45) is 5.41 Å². The van der Waals surface area contributed by atoms with Crippen molar-refractivity contribution < 1.29 is 9.59 Å². The number of rotatable bonds is 3. The maximum atomic E-state index is 11.7. The molecule has 1 aromatic rings. The van der Waals surface area contributed by atoms with Gasteiger partial charge in [-0.3, -0.25) is 9.59 Å². The summed E-state index contributed by atoms with van der Waals surface area (Å²) in [5.41, 5.74) is 5.72. The first kappa shape index (κ1) is 16.6. The first-order valence-electron chi connectivity index (χ1n) is 5.94. The second-order valence-corrected chi connectivity index (χ2v) is 6.15. The van der Waals surface area contributed by atoms with Gasteiger partial charge in [-0.25, -0.2) is 0 Å². The zero-order valence-electron chi connectivity index (χ0n) is 11.5. The molecule has 0 aliphatic carbocycles. The minimum Gasteiger partial charge on any atom is -0.396 e. The lowest BCUT2D eigenvalue weighted by molar-refractivity contribution is -0.130. The summed E-state index contributed by atoms with van der Waals surface area (Å²) in [6, 6.07) is 2.98. The molecule has 0 atom stereocenters. The largest absolute Gasteiger partial charge is 0.396 e. The molecule has 7 heteroatoms. The number of hydrogen-bond donors (Lipinski definition) is 3. The highest BCUT2D eigenvalue weighted by Gasteiger charge is 2.21. The van der Waals surface area contributed by atoms with Gasteiger partial charge in [0, 0.05) is 11.1 Å². The van der Waals surface area contributed by atoms with E-state index in [0.29, 0.717) is 5.69 Å². The molecule has 0 aliphatic rings. The average molecular weight is 318 g/mol. The second kappa shape index (κ2) is 6.33. The quantitative estimate of drug-likeness (QED) is 0.749. The van der Waals surface area contributed by atoms with Crippen LogP contribution in [-0.2, 0) is 9.59 Å². The fourth-order valence-electron chi connectivity index (χ4n) is 1.29. The Labute approximate surface area is 127 Å². The molecule has 0 aliphatic heterocycles. The van der Waals surface area contributed by atoms with Gasteiger partial charge in [-0.1, -0.05) is 44.0 Å². The Morgan fingerprint density at radius 3 is 2.15 bits per heavy atom. The van der Waals surface area contributed by atoms with E-state index >= 15 is 0 Å². The fraction of sp³-hybridized carbons (Fsp3) is 0.385. The van der Waals surface area contributed by atoms with E-state index in [2.05, 4.69) is 10.6 Å². The zero-order valence-corrected chi connectivity index (χ0v) is 13.0. The SMILES string of the molecule is CC(C)(C)C(=O)NCC(=O)Nc1cc(Cl)c(N)c(Cl)c1. The predicted octanol–water partition coefficient (Wildman–Crippen LogP) is 2.68. The smallest absolute Gasteiger partial charge is 0.243 e. The molecule has 0 saturated heterocycles. The van der Waals surface area contributed by atoms with E-state index in [1.54, 1.807) is 20.8 Å². The molecule has 0 radical (unpaired) electrons. The van der Waals surface area contributed by atoms with E-state index in [0.717, 1.165) is 0 Å². The van der Waals surface area contributed by atoms with Gasteiger partial charge in [0.2, 0.25) is 11.8 Å². The monoisotopic (exact) mass is 317 g/mol. The van der Waals surface area contributed by atoms with Crippen LogP contribution in [0.3, 0.4) is 0 Å². The summed E-state index contributed by atoms with van der Waals surface area (Å²) in [4.78, 5) is 23.3. The Morgan fingerprint density at radius 2 is 1.70 bits per heavy atom. The first-order valence-corrected chi connectivity index (χ1v) is 6.69. The number of nitrogens with two attached hydrogens (primary N) is 1. The van der Waals surface area contributed by atoms with Crippen molar-refractivity contribution in [3.05, 3.63) is 22.2 Å². The summed E-state index contributed by atoms with van der Waals surface area (Å²) >= 11 is 11.7. The van der Waals surface area contributed by atoms with Gasteiger partial charge in [0.15, 0.2) is 0 Å². The highest BCUT2D eigenvalue weighted by molar-refractivity contribution is 6.39. The van der Waals surface area contributed by atoms with Gasteiger partial charge >= 0.3 is 0 Å². The molecule has 0 aromatic heterocycles. The van der Waals surface area contributed by atoms with Crippen molar-refractivity contribution in [3.8, 4) is 0 Å². The Balaban J connectivity index is 2.62. The number of carbonyl (C=O) groups is 2. The van der Waals surface area contributed by atoms with Crippen molar-refractivity contribution in [2.45, 2.75) is 20.8 Å². The zero-order chi connectivity index (χ0) is 15.5. The van der Waals surface area contributed by atoms with Crippen LogP contribution in [0.4, 0.5) is 11.4 Å². The van der Waals surface area contributed by atoms with E-state index < -0.39 is 5.41 Å². The number of anilines is 2. The Hall–Kier alpha value is -1.46. The van der Waals surface area contributed by atoms with E-state index in [1.165, 1.54) is 12.1 Å². The molecule has 0 saturated carbocycles. The topological polar surface area (TPSA) is 84.2 Å². The summed E-state index contributed by atoms with van der Waals surface area (Å²) in [5.74, 6) is -0.583. The van der Waals surface area contributed by atoms with Crippen LogP contribution in [0.15, 0.2) is 12.1 Å². The summed E-state index contributed by atoms with van der Waals surface area (Å²) in [6.07, 6.45) is 0. The highest BCUT2D eigenvalue weighted by Crippen LogP contribution is 2.30. The Bertz CT molecular complexity index is 516. The number of halogens is 2. The molecule has 0 spiro atoms. The molecule has 0 fully saturated rings. The van der Waals surface area contributed by atoms with Gasteiger partial charge in [0.05, 0.1) is 22.3 Å². The second-order valence-electron chi connectivity index (χ2n) is 5.33. The van der Waals surface area contributed by atoms with Crippen LogP contribution in [0.5, 0.6) is 0 Å². The number of amides is 2. The van der Waals surface area contributed by atoms with Crippen LogP contribution in [0, 0.1) is 5.41 Å². The molecule has 1 rings (SSSR count). The molecular weight excluding hydrogens is 301 g/mol. The number of nitrogens with one attached hydrogen (secondary N) is 2. The Morgan fingerprint density at radius 1 is 1.20 bits per heavy atom. The van der Waals surface area contributed by atoms with Crippen LogP contribution in [-0.4, -0.2) is 18.4 Å². The maximum absolute atomic E-state index is 11.7. The molecule has 110 valence electrons.